The summed E-state index contributed by atoms with van der Waals surface area (Å²) in [6, 6.07) is 6.53. The van der Waals surface area contributed by atoms with Gasteiger partial charge >= 0.3 is 0 Å². The second kappa shape index (κ2) is 2.42. The van der Waals surface area contributed by atoms with Crippen molar-refractivity contribution in [3.63, 3.8) is 0 Å². The number of aryl methyl sites for hydroxylation is 2. The van der Waals surface area contributed by atoms with Gasteiger partial charge in [-0.25, -0.2) is 0 Å². The standard InChI is InChI=1S/C10H10S/c1-7-2-4-9-8(6-7)3-5-10(9)11/h2,4,6H,3,5H2,1H3. The second-order valence-corrected chi connectivity index (χ2v) is 3.58. The lowest BCUT2D eigenvalue weighted by Gasteiger charge is -1.98. The zero-order chi connectivity index (χ0) is 7.84. The minimum Gasteiger partial charge on any atom is -0.0842 e. The van der Waals surface area contributed by atoms with Gasteiger partial charge in [0.05, 0.1) is 0 Å². The molecule has 1 aliphatic rings. The molecule has 1 aromatic rings. The van der Waals surface area contributed by atoms with E-state index in [1.807, 2.05) is 0 Å². The van der Waals surface area contributed by atoms with Gasteiger partial charge in [-0.2, -0.15) is 0 Å². The highest BCUT2D eigenvalue weighted by Gasteiger charge is 2.14. The molecule has 1 heteroatoms. The maximum Gasteiger partial charge on any atom is 0.0230 e. The third-order valence-electron chi connectivity index (χ3n) is 2.18. The first-order valence-corrected chi connectivity index (χ1v) is 4.31. The van der Waals surface area contributed by atoms with Crippen LogP contribution in [-0.4, -0.2) is 4.86 Å². The topological polar surface area (TPSA) is 0 Å². The summed E-state index contributed by atoms with van der Waals surface area (Å²) in [6.45, 7) is 2.13. The number of hydrogen-bond acceptors (Lipinski definition) is 1. The molecular weight excluding hydrogens is 152 g/mol. The summed E-state index contributed by atoms with van der Waals surface area (Å²) in [5, 5.41) is 0. The van der Waals surface area contributed by atoms with Gasteiger partial charge in [-0.1, -0.05) is 36.0 Å². The third kappa shape index (κ3) is 1.10. The van der Waals surface area contributed by atoms with E-state index in [9.17, 15) is 0 Å². The molecule has 0 saturated carbocycles. The first kappa shape index (κ1) is 6.99. The minimum atomic E-state index is 1.08. The molecule has 0 spiro atoms. The zero-order valence-corrected chi connectivity index (χ0v) is 7.37. The van der Waals surface area contributed by atoms with E-state index in [1.165, 1.54) is 16.7 Å². The lowest BCUT2D eigenvalue weighted by Crippen LogP contribution is -1.88. The number of thiocarbonyl (C=S) groups is 1. The highest BCUT2D eigenvalue weighted by atomic mass is 32.1. The molecule has 56 valence electrons. The Morgan fingerprint density at radius 3 is 2.91 bits per heavy atom. The highest BCUT2D eigenvalue weighted by molar-refractivity contribution is 7.80. The minimum absolute atomic E-state index is 1.08. The summed E-state index contributed by atoms with van der Waals surface area (Å²) in [5.41, 5.74) is 4.09. The largest absolute Gasteiger partial charge is 0.0842 e. The van der Waals surface area contributed by atoms with Crippen LogP contribution in [0.15, 0.2) is 18.2 Å². The van der Waals surface area contributed by atoms with Crippen molar-refractivity contribution < 1.29 is 0 Å². The molecule has 1 aromatic carbocycles. The molecule has 2 rings (SSSR count). The Morgan fingerprint density at radius 2 is 2.09 bits per heavy atom. The maximum atomic E-state index is 5.22. The zero-order valence-electron chi connectivity index (χ0n) is 6.55. The molecule has 0 atom stereocenters. The first-order chi connectivity index (χ1) is 5.27. The molecular formula is C10H10S. The highest BCUT2D eigenvalue weighted by Crippen LogP contribution is 2.23. The fourth-order valence-electron chi connectivity index (χ4n) is 1.58. The van der Waals surface area contributed by atoms with Crippen LogP contribution in [0.2, 0.25) is 0 Å². The normalized spacial score (nSPS) is 15.2. The van der Waals surface area contributed by atoms with E-state index in [2.05, 4.69) is 25.1 Å². The molecule has 0 bridgehead atoms. The van der Waals surface area contributed by atoms with Crippen LogP contribution in [0.5, 0.6) is 0 Å². The van der Waals surface area contributed by atoms with E-state index < -0.39 is 0 Å². The fraction of sp³-hybridized carbons (Fsp3) is 0.300. The average Bonchev–Trinajstić information content (AvgIpc) is 2.32. The molecule has 0 unspecified atom stereocenters. The average molecular weight is 162 g/mol. The second-order valence-electron chi connectivity index (χ2n) is 3.08. The Balaban J connectivity index is 2.59. The molecule has 0 radical (unpaired) electrons. The van der Waals surface area contributed by atoms with Crippen LogP contribution >= 0.6 is 12.2 Å². The van der Waals surface area contributed by atoms with Gasteiger partial charge in [-0.05, 0) is 30.9 Å². The molecule has 0 heterocycles. The monoisotopic (exact) mass is 162 g/mol. The molecule has 0 amide bonds. The van der Waals surface area contributed by atoms with Crippen molar-refractivity contribution in [3.8, 4) is 0 Å². The fourth-order valence-corrected chi connectivity index (χ4v) is 1.89. The van der Waals surface area contributed by atoms with E-state index in [1.54, 1.807) is 0 Å². The lowest BCUT2D eigenvalue weighted by atomic mass is 10.1. The first-order valence-electron chi connectivity index (χ1n) is 3.90. The number of hydrogen-bond donors (Lipinski definition) is 0. The van der Waals surface area contributed by atoms with Crippen molar-refractivity contribution in [1.82, 2.24) is 0 Å². The van der Waals surface area contributed by atoms with Crippen molar-refractivity contribution >= 4 is 17.1 Å². The summed E-state index contributed by atoms with van der Waals surface area (Å²) >= 11 is 5.22. The SMILES string of the molecule is Cc1ccc2c(c1)CCC2=S. The van der Waals surface area contributed by atoms with Crippen LogP contribution in [0.1, 0.15) is 23.1 Å². The van der Waals surface area contributed by atoms with E-state index >= 15 is 0 Å². The van der Waals surface area contributed by atoms with Gasteiger partial charge in [0, 0.05) is 4.86 Å². The number of fused-ring (bicyclic) bond motifs is 1. The van der Waals surface area contributed by atoms with Gasteiger partial charge in [0.15, 0.2) is 0 Å². The number of rotatable bonds is 0. The summed E-state index contributed by atoms with van der Waals surface area (Å²) in [5.74, 6) is 0. The predicted octanol–water partition coefficient (Wildman–Crippen LogP) is 2.66. The Bertz CT molecular complexity index is 313. The summed E-state index contributed by atoms with van der Waals surface area (Å²) in [7, 11) is 0. The molecule has 0 N–H and O–H groups in total. The number of benzene rings is 1. The van der Waals surface area contributed by atoms with Crippen molar-refractivity contribution in [2.75, 3.05) is 0 Å². The van der Waals surface area contributed by atoms with Crippen molar-refractivity contribution in [3.05, 3.63) is 34.9 Å². The van der Waals surface area contributed by atoms with Gasteiger partial charge in [0.2, 0.25) is 0 Å². The van der Waals surface area contributed by atoms with Gasteiger partial charge in [0.25, 0.3) is 0 Å². The smallest absolute Gasteiger partial charge is 0.0230 e. The Hall–Kier alpha value is -0.690. The van der Waals surface area contributed by atoms with Crippen molar-refractivity contribution in [2.45, 2.75) is 19.8 Å². The third-order valence-corrected chi connectivity index (χ3v) is 2.61. The van der Waals surface area contributed by atoms with E-state index in [0.29, 0.717) is 0 Å². The summed E-state index contributed by atoms with van der Waals surface area (Å²) in [6.07, 6.45) is 2.23. The van der Waals surface area contributed by atoms with Crippen LogP contribution in [0.25, 0.3) is 0 Å². The molecule has 0 fully saturated rings. The van der Waals surface area contributed by atoms with Crippen LogP contribution in [-0.2, 0) is 6.42 Å². The van der Waals surface area contributed by atoms with Crippen LogP contribution < -0.4 is 0 Å². The van der Waals surface area contributed by atoms with E-state index in [4.69, 9.17) is 12.2 Å². The molecule has 0 aliphatic heterocycles. The summed E-state index contributed by atoms with van der Waals surface area (Å²) in [4.78, 5) is 1.14. The van der Waals surface area contributed by atoms with Crippen LogP contribution in [0.4, 0.5) is 0 Å². The Kier molecular flexibility index (Phi) is 1.53. The quantitative estimate of drug-likeness (QED) is 0.528. The van der Waals surface area contributed by atoms with Gasteiger partial charge < -0.3 is 0 Å². The predicted molar refractivity (Wildman–Crippen MR) is 51.2 cm³/mol. The molecule has 0 saturated heterocycles. The van der Waals surface area contributed by atoms with Gasteiger partial charge in [-0.3, -0.25) is 0 Å². The van der Waals surface area contributed by atoms with Crippen LogP contribution in [0.3, 0.4) is 0 Å². The lowest BCUT2D eigenvalue weighted by molar-refractivity contribution is 1.10. The van der Waals surface area contributed by atoms with E-state index in [0.717, 1.165) is 17.7 Å². The van der Waals surface area contributed by atoms with Gasteiger partial charge in [0.1, 0.15) is 0 Å². The molecule has 1 aliphatic carbocycles. The molecule has 11 heavy (non-hydrogen) atoms. The molecule has 0 aromatic heterocycles. The Morgan fingerprint density at radius 1 is 1.27 bits per heavy atom. The molecule has 0 nitrogen and oxygen atoms in total. The van der Waals surface area contributed by atoms with Crippen LogP contribution in [0, 0.1) is 6.92 Å². The Labute approximate surface area is 72.2 Å². The van der Waals surface area contributed by atoms with Crippen molar-refractivity contribution in [1.29, 1.82) is 0 Å². The van der Waals surface area contributed by atoms with Gasteiger partial charge in [-0.15, -0.1) is 0 Å². The maximum absolute atomic E-state index is 5.22. The van der Waals surface area contributed by atoms with Crippen molar-refractivity contribution in [2.24, 2.45) is 0 Å². The van der Waals surface area contributed by atoms with E-state index in [-0.39, 0.29) is 0 Å². The summed E-state index contributed by atoms with van der Waals surface area (Å²) < 4.78 is 0.